The second-order valence-corrected chi connectivity index (χ2v) is 6.02. The summed E-state index contributed by atoms with van der Waals surface area (Å²) in [5.41, 5.74) is 5.44. The summed E-state index contributed by atoms with van der Waals surface area (Å²) in [7, 11) is 0. The van der Waals surface area contributed by atoms with Crippen molar-refractivity contribution in [2.75, 3.05) is 11.4 Å². The van der Waals surface area contributed by atoms with E-state index >= 15 is 0 Å². The number of aromatic nitrogens is 2. The van der Waals surface area contributed by atoms with Gasteiger partial charge in [0.05, 0.1) is 30.2 Å². The summed E-state index contributed by atoms with van der Waals surface area (Å²) in [5.74, 6) is 0. The number of anilines is 1. The minimum absolute atomic E-state index is 0.0549. The second-order valence-electron chi connectivity index (χ2n) is 6.02. The molecule has 2 amide bonds. The van der Waals surface area contributed by atoms with Crippen LogP contribution in [-0.2, 0) is 6.54 Å². The van der Waals surface area contributed by atoms with Crippen molar-refractivity contribution < 1.29 is 4.79 Å². The first-order valence-corrected chi connectivity index (χ1v) is 7.60. The number of amides is 2. The number of nitrogens with zero attached hydrogens (tertiary/aromatic N) is 4. The molecule has 0 spiro atoms. The third-order valence-electron chi connectivity index (χ3n) is 4.59. The van der Waals surface area contributed by atoms with Gasteiger partial charge in [-0.15, -0.1) is 0 Å². The Morgan fingerprint density at radius 3 is 2.95 bits per heavy atom. The van der Waals surface area contributed by atoms with Crippen LogP contribution in [0.15, 0.2) is 30.6 Å². The highest BCUT2D eigenvalue weighted by Gasteiger charge is 2.41. The van der Waals surface area contributed by atoms with Crippen molar-refractivity contribution in [3.05, 3.63) is 53.1 Å². The van der Waals surface area contributed by atoms with E-state index in [1.54, 1.807) is 12.4 Å². The molecule has 2 aliphatic rings. The molecule has 4 rings (SSSR count). The van der Waals surface area contributed by atoms with Crippen LogP contribution in [-0.4, -0.2) is 27.4 Å². The number of carbonyl (C=O) groups excluding carboxylic acids is 1. The van der Waals surface area contributed by atoms with Crippen LogP contribution in [0.5, 0.6) is 0 Å². The van der Waals surface area contributed by atoms with E-state index in [-0.39, 0.29) is 12.1 Å². The molecule has 0 saturated carbocycles. The highest BCUT2D eigenvalue weighted by molar-refractivity contribution is 5.93. The van der Waals surface area contributed by atoms with Crippen molar-refractivity contribution >= 4 is 11.7 Å². The van der Waals surface area contributed by atoms with Crippen molar-refractivity contribution in [3.63, 3.8) is 0 Å². The predicted molar refractivity (Wildman–Crippen MR) is 83.6 cm³/mol. The molecule has 22 heavy (non-hydrogen) atoms. The monoisotopic (exact) mass is 294 g/mol. The van der Waals surface area contributed by atoms with E-state index in [0.29, 0.717) is 13.1 Å². The molecule has 4 heterocycles. The molecule has 1 atom stereocenters. The molecule has 0 aromatic carbocycles. The molecule has 2 aromatic heterocycles. The largest absolute Gasteiger partial charge is 0.325 e. The Bertz CT molecular complexity index is 744. The fraction of sp³-hybridized carbons (Fsp3) is 0.353. The van der Waals surface area contributed by atoms with Crippen molar-refractivity contribution in [1.82, 2.24) is 14.9 Å². The van der Waals surface area contributed by atoms with Crippen LogP contribution in [0.3, 0.4) is 0 Å². The van der Waals surface area contributed by atoms with Gasteiger partial charge in [0.25, 0.3) is 0 Å². The third kappa shape index (κ3) is 1.89. The van der Waals surface area contributed by atoms with Crippen molar-refractivity contribution in [1.29, 1.82) is 0 Å². The van der Waals surface area contributed by atoms with Gasteiger partial charge in [-0.2, -0.15) is 0 Å². The van der Waals surface area contributed by atoms with Crippen molar-refractivity contribution in [2.24, 2.45) is 0 Å². The van der Waals surface area contributed by atoms with Gasteiger partial charge in [0.15, 0.2) is 0 Å². The smallest absolute Gasteiger partial charge is 0.311 e. The maximum absolute atomic E-state index is 12.9. The Morgan fingerprint density at radius 2 is 2.18 bits per heavy atom. The van der Waals surface area contributed by atoms with Crippen LogP contribution in [0.1, 0.15) is 35.0 Å². The molecule has 0 bridgehead atoms. The van der Waals surface area contributed by atoms with E-state index in [4.69, 9.17) is 4.98 Å². The Hall–Kier alpha value is -2.43. The Kier molecular flexibility index (Phi) is 2.89. The maximum Gasteiger partial charge on any atom is 0.325 e. The molecule has 5 heteroatoms. The van der Waals surface area contributed by atoms with Crippen LogP contribution >= 0.6 is 0 Å². The van der Waals surface area contributed by atoms with Crippen LogP contribution in [0.25, 0.3) is 0 Å². The predicted octanol–water partition coefficient (Wildman–Crippen LogP) is 2.98. The second kappa shape index (κ2) is 4.80. The molecule has 0 aliphatic carbocycles. The topological polar surface area (TPSA) is 49.3 Å². The van der Waals surface area contributed by atoms with E-state index in [1.807, 2.05) is 28.9 Å². The standard InChI is InChI=1S/C17H18N4O/c1-11-8-12(2)19-16-14(11)10-21-15(16)5-7-20(17(21)22)13-4-3-6-18-9-13/h3-4,6,8-9,15H,5,7,10H2,1-2H3. The normalized spacial score (nSPS) is 20.1. The van der Waals surface area contributed by atoms with Gasteiger partial charge in [0.2, 0.25) is 0 Å². The summed E-state index contributed by atoms with van der Waals surface area (Å²) in [6.07, 6.45) is 4.38. The van der Waals surface area contributed by atoms with E-state index in [2.05, 4.69) is 18.0 Å². The Morgan fingerprint density at radius 1 is 1.32 bits per heavy atom. The van der Waals surface area contributed by atoms with Crippen LogP contribution in [0.2, 0.25) is 0 Å². The lowest BCUT2D eigenvalue weighted by Gasteiger charge is -2.37. The van der Waals surface area contributed by atoms with Gasteiger partial charge in [-0.25, -0.2) is 4.79 Å². The summed E-state index contributed by atoms with van der Waals surface area (Å²) < 4.78 is 0. The summed E-state index contributed by atoms with van der Waals surface area (Å²) in [4.78, 5) is 25.5. The first-order chi connectivity index (χ1) is 10.6. The summed E-state index contributed by atoms with van der Waals surface area (Å²) in [6, 6.07) is 6.07. The van der Waals surface area contributed by atoms with Crippen LogP contribution in [0.4, 0.5) is 10.5 Å². The number of hydrogen-bond donors (Lipinski definition) is 0. The minimum Gasteiger partial charge on any atom is -0.311 e. The quantitative estimate of drug-likeness (QED) is 0.812. The zero-order valence-corrected chi connectivity index (χ0v) is 12.8. The number of rotatable bonds is 1. The van der Waals surface area contributed by atoms with Gasteiger partial charge >= 0.3 is 6.03 Å². The van der Waals surface area contributed by atoms with Gasteiger partial charge in [-0.3, -0.25) is 14.9 Å². The highest BCUT2D eigenvalue weighted by atomic mass is 16.2. The van der Waals surface area contributed by atoms with E-state index in [0.717, 1.165) is 23.5 Å². The molecule has 112 valence electrons. The molecule has 2 aromatic rings. The van der Waals surface area contributed by atoms with Gasteiger partial charge in [-0.05, 0) is 49.6 Å². The first-order valence-electron chi connectivity index (χ1n) is 7.60. The van der Waals surface area contributed by atoms with Gasteiger partial charge in [0.1, 0.15) is 0 Å². The summed E-state index contributed by atoms with van der Waals surface area (Å²) >= 11 is 0. The molecule has 1 unspecified atom stereocenters. The molecule has 1 fully saturated rings. The fourth-order valence-electron chi connectivity index (χ4n) is 3.55. The maximum atomic E-state index is 12.9. The number of pyridine rings is 2. The minimum atomic E-state index is 0.0549. The molecule has 5 nitrogen and oxygen atoms in total. The molecule has 1 saturated heterocycles. The van der Waals surface area contributed by atoms with Crippen LogP contribution in [0, 0.1) is 13.8 Å². The Labute approximate surface area is 129 Å². The van der Waals surface area contributed by atoms with Gasteiger partial charge in [-0.1, -0.05) is 0 Å². The third-order valence-corrected chi connectivity index (χ3v) is 4.59. The first kappa shape index (κ1) is 13.2. The van der Waals surface area contributed by atoms with Gasteiger partial charge in [0, 0.05) is 18.4 Å². The average Bonchev–Trinajstić information content (AvgIpc) is 2.89. The molecular formula is C17H18N4O. The highest BCUT2D eigenvalue weighted by Crippen LogP contribution is 2.40. The number of urea groups is 1. The lowest BCUT2D eigenvalue weighted by atomic mass is 10.0. The average molecular weight is 294 g/mol. The SMILES string of the molecule is Cc1cc(C)c2c(n1)C1CCN(c3cccnc3)C(=O)N1C2. The van der Waals surface area contributed by atoms with Crippen molar-refractivity contribution in [2.45, 2.75) is 32.9 Å². The molecule has 2 aliphatic heterocycles. The van der Waals surface area contributed by atoms with E-state index < -0.39 is 0 Å². The number of fused-ring (bicyclic) bond motifs is 3. The van der Waals surface area contributed by atoms with Crippen molar-refractivity contribution in [3.8, 4) is 0 Å². The summed E-state index contributed by atoms with van der Waals surface area (Å²) in [5, 5.41) is 0. The lowest BCUT2D eigenvalue weighted by Crippen LogP contribution is -2.48. The summed E-state index contributed by atoms with van der Waals surface area (Å²) in [6.45, 7) is 5.49. The van der Waals surface area contributed by atoms with Crippen LogP contribution < -0.4 is 4.90 Å². The molecule has 0 N–H and O–H groups in total. The van der Waals surface area contributed by atoms with E-state index in [1.165, 1.54) is 11.1 Å². The molecular weight excluding hydrogens is 276 g/mol. The zero-order chi connectivity index (χ0) is 15.3. The number of aryl methyl sites for hydroxylation is 2. The Balaban J connectivity index is 1.69. The fourth-order valence-corrected chi connectivity index (χ4v) is 3.55. The number of carbonyl (C=O) groups is 1. The van der Waals surface area contributed by atoms with Gasteiger partial charge < -0.3 is 4.90 Å². The zero-order valence-electron chi connectivity index (χ0n) is 12.8. The van der Waals surface area contributed by atoms with E-state index in [9.17, 15) is 4.79 Å². The number of hydrogen-bond acceptors (Lipinski definition) is 3. The molecule has 0 radical (unpaired) electrons. The lowest BCUT2D eigenvalue weighted by molar-refractivity contribution is 0.171.